The number of hydrogen-bond donors (Lipinski definition) is 1. The standard InChI is InChI=1S/C19H20N2O3/c1-13-11-19(2,3)20-18-9-8-16(10-17(13)18)24-12-14-4-6-15(7-5-14)21(22)23/h4-11,20H,12H2,1-3H3. The van der Waals surface area contributed by atoms with Crippen molar-refractivity contribution in [1.29, 1.82) is 0 Å². The number of hydrogen-bond acceptors (Lipinski definition) is 4. The molecule has 1 aliphatic rings. The van der Waals surface area contributed by atoms with Crippen LogP contribution in [0.2, 0.25) is 0 Å². The third-order valence-corrected chi connectivity index (χ3v) is 4.00. The summed E-state index contributed by atoms with van der Waals surface area (Å²) in [5.74, 6) is 0.779. The van der Waals surface area contributed by atoms with E-state index < -0.39 is 4.92 Å². The van der Waals surface area contributed by atoms with Crippen LogP contribution in [0.15, 0.2) is 48.5 Å². The Hall–Kier alpha value is -2.82. The van der Waals surface area contributed by atoms with E-state index in [9.17, 15) is 10.1 Å². The molecule has 0 saturated heterocycles. The number of rotatable bonds is 4. The SMILES string of the molecule is CC1=CC(C)(C)Nc2ccc(OCc3ccc([N+](=O)[O-])cc3)cc21. The highest BCUT2D eigenvalue weighted by molar-refractivity contribution is 5.80. The zero-order valence-corrected chi connectivity index (χ0v) is 14.0. The van der Waals surface area contributed by atoms with Gasteiger partial charge in [-0.05, 0) is 62.2 Å². The van der Waals surface area contributed by atoms with Crippen LogP contribution in [-0.2, 0) is 6.61 Å². The monoisotopic (exact) mass is 324 g/mol. The van der Waals surface area contributed by atoms with E-state index in [1.54, 1.807) is 12.1 Å². The number of nitrogens with one attached hydrogen (secondary N) is 1. The summed E-state index contributed by atoms with van der Waals surface area (Å²) in [4.78, 5) is 10.3. The number of anilines is 1. The van der Waals surface area contributed by atoms with Crippen molar-refractivity contribution in [3.63, 3.8) is 0 Å². The first-order chi connectivity index (χ1) is 11.3. The molecule has 0 bridgehead atoms. The third kappa shape index (κ3) is 3.40. The number of non-ortho nitro benzene ring substituents is 1. The van der Waals surface area contributed by atoms with Gasteiger partial charge in [0.15, 0.2) is 0 Å². The molecule has 0 aromatic heterocycles. The Bertz CT molecular complexity index is 808. The van der Waals surface area contributed by atoms with Crippen LogP contribution in [-0.4, -0.2) is 10.5 Å². The number of nitro benzene ring substituents is 1. The van der Waals surface area contributed by atoms with E-state index in [1.165, 1.54) is 17.7 Å². The zero-order chi connectivity index (χ0) is 17.3. The summed E-state index contributed by atoms with van der Waals surface area (Å²) in [6, 6.07) is 12.4. The van der Waals surface area contributed by atoms with Crippen molar-refractivity contribution < 1.29 is 9.66 Å². The fraction of sp³-hybridized carbons (Fsp3) is 0.263. The number of allylic oxidation sites excluding steroid dienone is 1. The van der Waals surface area contributed by atoms with Crippen LogP contribution in [0, 0.1) is 10.1 Å². The lowest BCUT2D eigenvalue weighted by Gasteiger charge is -2.31. The first-order valence-electron chi connectivity index (χ1n) is 7.82. The summed E-state index contributed by atoms with van der Waals surface area (Å²) in [6.45, 7) is 6.75. The van der Waals surface area contributed by atoms with Gasteiger partial charge in [-0.2, -0.15) is 0 Å². The molecular formula is C19H20N2O3. The molecule has 0 fully saturated rings. The first kappa shape index (κ1) is 16.1. The van der Waals surface area contributed by atoms with Crippen molar-refractivity contribution in [2.75, 3.05) is 5.32 Å². The molecule has 0 atom stereocenters. The zero-order valence-electron chi connectivity index (χ0n) is 14.0. The lowest BCUT2D eigenvalue weighted by molar-refractivity contribution is -0.384. The molecule has 0 amide bonds. The maximum atomic E-state index is 10.7. The van der Waals surface area contributed by atoms with Gasteiger partial charge in [-0.3, -0.25) is 10.1 Å². The Balaban J connectivity index is 1.73. The number of nitro groups is 1. The number of nitrogens with zero attached hydrogens (tertiary/aromatic N) is 1. The van der Waals surface area contributed by atoms with Gasteiger partial charge in [-0.25, -0.2) is 0 Å². The summed E-state index contributed by atoms with van der Waals surface area (Å²) in [5.41, 5.74) is 4.37. The van der Waals surface area contributed by atoms with Crippen molar-refractivity contribution in [3.8, 4) is 5.75 Å². The molecule has 5 heteroatoms. The molecule has 0 aliphatic carbocycles. The van der Waals surface area contributed by atoms with Gasteiger partial charge in [0, 0.05) is 23.4 Å². The molecule has 0 radical (unpaired) electrons. The second-order valence-corrected chi connectivity index (χ2v) is 6.59. The summed E-state index contributed by atoms with van der Waals surface area (Å²) in [7, 11) is 0. The molecule has 0 unspecified atom stereocenters. The van der Waals surface area contributed by atoms with Gasteiger partial charge in [0.05, 0.1) is 10.5 Å². The lowest BCUT2D eigenvalue weighted by atomic mass is 9.91. The fourth-order valence-corrected chi connectivity index (χ4v) is 2.93. The summed E-state index contributed by atoms with van der Waals surface area (Å²) in [5, 5.41) is 14.2. The molecule has 0 saturated carbocycles. The highest BCUT2D eigenvalue weighted by Gasteiger charge is 2.22. The second kappa shape index (κ2) is 6.00. The molecule has 1 heterocycles. The lowest BCUT2D eigenvalue weighted by Crippen LogP contribution is -2.31. The van der Waals surface area contributed by atoms with Crippen molar-refractivity contribution in [2.45, 2.75) is 32.9 Å². The Kier molecular flexibility index (Phi) is 4.01. The molecule has 2 aromatic rings. The van der Waals surface area contributed by atoms with E-state index in [-0.39, 0.29) is 11.2 Å². The average Bonchev–Trinajstić information content (AvgIpc) is 2.52. The van der Waals surface area contributed by atoms with Gasteiger partial charge in [0.1, 0.15) is 12.4 Å². The highest BCUT2D eigenvalue weighted by atomic mass is 16.6. The average molecular weight is 324 g/mol. The van der Waals surface area contributed by atoms with Crippen LogP contribution in [0.4, 0.5) is 11.4 Å². The van der Waals surface area contributed by atoms with Gasteiger partial charge in [-0.15, -0.1) is 0 Å². The van der Waals surface area contributed by atoms with Gasteiger partial charge >= 0.3 is 0 Å². The molecular weight excluding hydrogens is 304 g/mol. The van der Waals surface area contributed by atoms with E-state index in [2.05, 4.69) is 32.2 Å². The Morgan fingerprint density at radius 1 is 1.17 bits per heavy atom. The molecule has 2 aromatic carbocycles. The van der Waals surface area contributed by atoms with Crippen LogP contribution in [0.5, 0.6) is 5.75 Å². The topological polar surface area (TPSA) is 64.4 Å². The van der Waals surface area contributed by atoms with Crippen molar-refractivity contribution in [2.24, 2.45) is 0 Å². The normalized spacial score (nSPS) is 15.0. The molecule has 0 spiro atoms. The molecule has 1 aliphatic heterocycles. The van der Waals surface area contributed by atoms with Gasteiger partial charge in [-0.1, -0.05) is 6.08 Å². The third-order valence-electron chi connectivity index (χ3n) is 4.00. The largest absolute Gasteiger partial charge is 0.489 e. The van der Waals surface area contributed by atoms with Crippen molar-refractivity contribution in [3.05, 3.63) is 69.8 Å². The quantitative estimate of drug-likeness (QED) is 0.649. The fourth-order valence-electron chi connectivity index (χ4n) is 2.93. The van der Waals surface area contributed by atoms with E-state index in [1.807, 2.05) is 18.2 Å². The maximum absolute atomic E-state index is 10.7. The summed E-state index contributed by atoms with van der Waals surface area (Å²) in [6.07, 6.45) is 2.20. The summed E-state index contributed by atoms with van der Waals surface area (Å²) >= 11 is 0. The Morgan fingerprint density at radius 3 is 2.54 bits per heavy atom. The van der Waals surface area contributed by atoms with Crippen LogP contribution in [0.3, 0.4) is 0 Å². The van der Waals surface area contributed by atoms with Gasteiger partial charge in [0.2, 0.25) is 0 Å². The highest BCUT2D eigenvalue weighted by Crippen LogP contribution is 2.35. The minimum Gasteiger partial charge on any atom is -0.489 e. The number of fused-ring (bicyclic) bond motifs is 1. The van der Waals surface area contributed by atoms with Crippen LogP contribution < -0.4 is 10.1 Å². The maximum Gasteiger partial charge on any atom is 0.269 e. The molecule has 3 rings (SSSR count). The summed E-state index contributed by atoms with van der Waals surface area (Å²) < 4.78 is 5.83. The van der Waals surface area contributed by atoms with Gasteiger partial charge < -0.3 is 10.1 Å². The predicted octanol–water partition coefficient (Wildman–Crippen LogP) is 4.78. The van der Waals surface area contributed by atoms with E-state index in [0.29, 0.717) is 6.61 Å². The van der Waals surface area contributed by atoms with Crippen LogP contribution >= 0.6 is 0 Å². The number of benzene rings is 2. The smallest absolute Gasteiger partial charge is 0.269 e. The second-order valence-electron chi connectivity index (χ2n) is 6.59. The van der Waals surface area contributed by atoms with E-state index in [4.69, 9.17) is 4.74 Å². The van der Waals surface area contributed by atoms with Crippen LogP contribution in [0.1, 0.15) is 31.9 Å². The van der Waals surface area contributed by atoms with Crippen molar-refractivity contribution in [1.82, 2.24) is 0 Å². The first-order valence-corrected chi connectivity index (χ1v) is 7.82. The van der Waals surface area contributed by atoms with E-state index >= 15 is 0 Å². The minimum atomic E-state index is -0.405. The predicted molar refractivity (Wildman–Crippen MR) is 95.2 cm³/mol. The molecule has 5 nitrogen and oxygen atoms in total. The molecule has 124 valence electrons. The van der Waals surface area contributed by atoms with Crippen molar-refractivity contribution >= 4 is 16.9 Å². The van der Waals surface area contributed by atoms with Crippen LogP contribution in [0.25, 0.3) is 5.57 Å². The molecule has 1 N–H and O–H groups in total. The number of ether oxygens (including phenoxy) is 1. The Labute approximate surface area is 141 Å². The van der Waals surface area contributed by atoms with Gasteiger partial charge in [0.25, 0.3) is 5.69 Å². The van der Waals surface area contributed by atoms with E-state index in [0.717, 1.165) is 22.6 Å². The minimum absolute atomic E-state index is 0.0573. The Morgan fingerprint density at radius 2 is 1.88 bits per heavy atom. The molecule has 24 heavy (non-hydrogen) atoms.